The second-order valence-electron chi connectivity index (χ2n) is 9.10. The number of hydrazone groups is 1. The first kappa shape index (κ1) is 26.1. The molecule has 4 rings (SSSR count). The first-order chi connectivity index (χ1) is 17.9. The van der Waals surface area contributed by atoms with Crippen LogP contribution in [0.4, 0.5) is 5.69 Å². The number of hydrogen-bond donors (Lipinski definition) is 2. The third kappa shape index (κ3) is 5.43. The molecule has 192 valence electrons. The molecule has 37 heavy (non-hydrogen) atoms. The van der Waals surface area contributed by atoms with Gasteiger partial charge in [0.1, 0.15) is 5.75 Å². The van der Waals surface area contributed by atoms with Crippen LogP contribution in [-0.2, 0) is 16.6 Å². The number of aliphatic hydroxyl groups is 1. The van der Waals surface area contributed by atoms with Crippen molar-refractivity contribution in [1.29, 1.82) is 0 Å². The lowest BCUT2D eigenvalue weighted by molar-refractivity contribution is -0.0769. The summed E-state index contributed by atoms with van der Waals surface area (Å²) < 4.78 is 10.4. The molecule has 3 aromatic carbocycles. The molecule has 1 aliphatic heterocycles. The van der Waals surface area contributed by atoms with Gasteiger partial charge >= 0.3 is 0 Å². The smallest absolute Gasteiger partial charge is 0.271 e. The zero-order valence-electron chi connectivity index (χ0n) is 21.6. The molecule has 2 unspecified atom stereocenters. The Morgan fingerprint density at radius 2 is 1.84 bits per heavy atom. The zero-order chi connectivity index (χ0) is 26.4. The van der Waals surface area contributed by atoms with E-state index in [9.17, 15) is 9.90 Å². The molecular weight excluding hydrogens is 466 g/mol. The van der Waals surface area contributed by atoms with E-state index in [-0.39, 0.29) is 11.3 Å². The van der Waals surface area contributed by atoms with Crippen LogP contribution in [0.1, 0.15) is 47.2 Å². The van der Waals surface area contributed by atoms with Gasteiger partial charge in [-0.2, -0.15) is 5.10 Å². The molecule has 0 bridgehead atoms. The highest BCUT2D eigenvalue weighted by Gasteiger charge is 2.43. The summed E-state index contributed by atoms with van der Waals surface area (Å²) in [6.07, 6.45) is 3.38. The van der Waals surface area contributed by atoms with Crippen LogP contribution in [0.5, 0.6) is 5.75 Å². The van der Waals surface area contributed by atoms with E-state index in [1.165, 1.54) is 18.2 Å². The van der Waals surface area contributed by atoms with Gasteiger partial charge in [-0.25, -0.2) is 5.43 Å². The number of amides is 1. The van der Waals surface area contributed by atoms with E-state index in [2.05, 4.69) is 65.7 Å². The molecule has 0 spiro atoms. The van der Waals surface area contributed by atoms with Crippen molar-refractivity contribution in [3.63, 3.8) is 0 Å². The molecule has 7 heteroatoms. The largest absolute Gasteiger partial charge is 0.497 e. The number of carbonyl (C=O) groups excluding carboxylic acids is 1. The van der Waals surface area contributed by atoms with Gasteiger partial charge in [-0.15, -0.1) is 0 Å². The third-order valence-electron chi connectivity index (χ3n) is 6.82. The van der Waals surface area contributed by atoms with E-state index in [0.29, 0.717) is 11.1 Å². The van der Waals surface area contributed by atoms with E-state index in [0.717, 1.165) is 30.1 Å². The first-order valence-electron chi connectivity index (χ1n) is 12.3. The van der Waals surface area contributed by atoms with Crippen molar-refractivity contribution in [3.8, 4) is 5.75 Å². The van der Waals surface area contributed by atoms with Gasteiger partial charge in [-0.3, -0.25) is 4.79 Å². The molecular formula is C30H33N3O4. The highest BCUT2D eigenvalue weighted by atomic mass is 16.6. The number of benzene rings is 3. The van der Waals surface area contributed by atoms with Crippen LogP contribution in [-0.4, -0.2) is 38.0 Å². The first-order valence-corrected chi connectivity index (χ1v) is 12.3. The molecule has 2 N–H and O–H groups in total. The molecule has 0 saturated carbocycles. The summed E-state index contributed by atoms with van der Waals surface area (Å²) in [5.41, 5.74) is 7.93. The molecule has 2 atom stereocenters. The average Bonchev–Trinajstić information content (AvgIpc) is 3.17. The molecule has 0 aromatic heterocycles. The van der Waals surface area contributed by atoms with Crippen LogP contribution in [0, 0.1) is 0 Å². The van der Waals surface area contributed by atoms with Gasteiger partial charge in [0.05, 0.1) is 7.11 Å². The van der Waals surface area contributed by atoms with Crippen molar-refractivity contribution < 1.29 is 19.4 Å². The lowest BCUT2D eigenvalue weighted by atomic mass is 9.76. The highest BCUT2D eigenvalue weighted by molar-refractivity contribution is 5.94. The molecule has 1 aliphatic rings. The number of nitrogens with zero attached hydrogens (tertiary/aromatic N) is 2. The summed E-state index contributed by atoms with van der Waals surface area (Å²) in [6.45, 7) is 5.15. The van der Waals surface area contributed by atoms with E-state index in [1.807, 2.05) is 18.2 Å². The number of rotatable bonds is 9. The second-order valence-corrected chi connectivity index (χ2v) is 9.10. The van der Waals surface area contributed by atoms with E-state index in [4.69, 9.17) is 9.47 Å². The van der Waals surface area contributed by atoms with E-state index >= 15 is 0 Å². The van der Waals surface area contributed by atoms with Crippen LogP contribution in [0.15, 0.2) is 89.7 Å². The fraction of sp³-hybridized carbons (Fsp3) is 0.267. The van der Waals surface area contributed by atoms with Gasteiger partial charge in [0.25, 0.3) is 5.91 Å². The zero-order valence-corrected chi connectivity index (χ0v) is 21.6. The van der Waals surface area contributed by atoms with Crippen LogP contribution in [0.25, 0.3) is 0 Å². The number of methoxy groups -OCH3 is 2. The lowest BCUT2D eigenvalue weighted by Crippen LogP contribution is -2.31. The number of hydrogen-bond acceptors (Lipinski definition) is 6. The fourth-order valence-electron chi connectivity index (χ4n) is 4.89. The van der Waals surface area contributed by atoms with Gasteiger partial charge in [-0.05, 0) is 67.8 Å². The number of likely N-dealkylation sites (N-methyl/N-ethyl adjacent to an activating group) is 1. The van der Waals surface area contributed by atoms with Gasteiger partial charge in [0, 0.05) is 47.8 Å². The number of fused-ring (bicyclic) bond motifs is 1. The minimum absolute atomic E-state index is 0.324. The molecule has 0 aliphatic carbocycles. The summed E-state index contributed by atoms with van der Waals surface area (Å²) >= 11 is 0. The molecule has 0 fully saturated rings. The Kier molecular flexibility index (Phi) is 8.06. The van der Waals surface area contributed by atoms with Crippen LogP contribution in [0.2, 0.25) is 0 Å². The van der Waals surface area contributed by atoms with Crippen molar-refractivity contribution in [3.05, 3.63) is 107 Å². The summed E-state index contributed by atoms with van der Waals surface area (Å²) in [7, 11) is 3.10. The van der Waals surface area contributed by atoms with E-state index < -0.39 is 6.29 Å². The Balaban J connectivity index is 1.60. The maximum absolute atomic E-state index is 12.6. The lowest BCUT2D eigenvalue weighted by Gasteiger charge is -2.30. The number of nitrogens with one attached hydrogen (secondary N) is 1. The highest BCUT2D eigenvalue weighted by Crippen LogP contribution is 2.50. The molecule has 1 heterocycles. The summed E-state index contributed by atoms with van der Waals surface area (Å²) in [5, 5.41) is 13.9. The van der Waals surface area contributed by atoms with Crippen molar-refractivity contribution in [2.75, 3.05) is 25.7 Å². The Bertz CT molecular complexity index is 1290. The Morgan fingerprint density at radius 3 is 2.49 bits per heavy atom. The fourth-order valence-corrected chi connectivity index (χ4v) is 4.89. The van der Waals surface area contributed by atoms with Gasteiger partial charge in [-0.1, -0.05) is 42.5 Å². The predicted molar refractivity (Wildman–Crippen MR) is 146 cm³/mol. The Labute approximate surface area is 218 Å². The van der Waals surface area contributed by atoms with Gasteiger partial charge < -0.3 is 19.5 Å². The normalized spacial score (nSPS) is 18.7. The minimum atomic E-state index is -1.02. The Morgan fingerprint density at radius 1 is 1.11 bits per heavy atom. The molecule has 3 aromatic rings. The molecule has 0 radical (unpaired) electrons. The monoisotopic (exact) mass is 499 g/mol. The average molecular weight is 500 g/mol. The maximum Gasteiger partial charge on any atom is 0.271 e. The van der Waals surface area contributed by atoms with Crippen LogP contribution in [0.3, 0.4) is 0 Å². The SMILES string of the molecule is CCN1/C(=C\C=N\NC(=O)c2ccc(C(O)OC)cc2)C(C)(Cc2ccccc2)c2cc(OC)ccc21. The molecule has 0 saturated heterocycles. The van der Waals surface area contributed by atoms with Gasteiger partial charge in [0.2, 0.25) is 0 Å². The number of ether oxygens (including phenoxy) is 2. The van der Waals surface area contributed by atoms with Gasteiger partial charge in [0.15, 0.2) is 6.29 Å². The number of aliphatic hydroxyl groups excluding tert-OH is 1. The summed E-state index contributed by atoms with van der Waals surface area (Å²) in [4.78, 5) is 14.8. The standard InChI is InChI=1S/C30H33N3O4/c1-5-33-26-16-15-24(36-3)19-25(26)30(2,20-21-9-7-6-8-10-21)27(33)17-18-31-32-28(34)22-11-13-23(14-12-22)29(35)37-4/h6-19,29,35H,5,20H2,1-4H3,(H,32,34)/b27-17-,31-18+. The quantitative estimate of drug-likeness (QED) is 0.247. The number of carbonyl (C=O) groups is 1. The number of anilines is 1. The maximum atomic E-state index is 12.6. The van der Waals surface area contributed by atoms with Crippen LogP contribution >= 0.6 is 0 Å². The third-order valence-corrected chi connectivity index (χ3v) is 6.82. The Hall–Kier alpha value is -3.94. The van der Waals surface area contributed by atoms with E-state index in [1.54, 1.807) is 37.6 Å². The van der Waals surface area contributed by atoms with Crippen molar-refractivity contribution in [2.24, 2.45) is 5.10 Å². The summed E-state index contributed by atoms with van der Waals surface area (Å²) in [6, 6.07) is 23.2. The molecule has 7 nitrogen and oxygen atoms in total. The van der Waals surface area contributed by atoms with Crippen LogP contribution < -0.4 is 15.1 Å². The van der Waals surface area contributed by atoms with Crippen molar-refractivity contribution in [1.82, 2.24) is 5.43 Å². The second kappa shape index (κ2) is 11.4. The number of allylic oxidation sites excluding steroid dienone is 2. The summed E-state index contributed by atoms with van der Waals surface area (Å²) in [5.74, 6) is 0.479. The minimum Gasteiger partial charge on any atom is -0.497 e. The van der Waals surface area contributed by atoms with Crippen molar-refractivity contribution in [2.45, 2.75) is 32.0 Å². The van der Waals surface area contributed by atoms with Crippen molar-refractivity contribution >= 4 is 17.8 Å². The predicted octanol–water partition coefficient (Wildman–Crippen LogP) is 4.97. The topological polar surface area (TPSA) is 83.4 Å². The molecule has 1 amide bonds.